The maximum absolute atomic E-state index is 13.4. The van der Waals surface area contributed by atoms with Crippen LogP contribution in [-0.2, 0) is 43.2 Å². The van der Waals surface area contributed by atoms with E-state index < -0.39 is 60.2 Å². The molecule has 0 aromatic heterocycles. The fourth-order valence-electron chi connectivity index (χ4n) is 6.19. The molecule has 1 saturated heterocycles. The van der Waals surface area contributed by atoms with Crippen molar-refractivity contribution in [2.45, 2.75) is 77.3 Å². The van der Waals surface area contributed by atoms with E-state index in [0.717, 1.165) is 0 Å². The number of unbranched alkanes of at least 4 members (excludes halogenated alkanes) is 2. The molecule has 0 aromatic rings. The first-order valence-corrected chi connectivity index (χ1v) is 21.7. The van der Waals surface area contributed by atoms with Crippen molar-refractivity contribution < 1.29 is 63.6 Å². The Kier molecular flexibility index (Phi) is 27.4. The van der Waals surface area contributed by atoms with E-state index in [-0.39, 0.29) is 115 Å². The second-order valence-electron chi connectivity index (χ2n) is 15.0. The molecule has 0 spiro atoms. The van der Waals surface area contributed by atoms with Crippen LogP contribution in [0.4, 0.5) is 0 Å². The molecule has 0 aliphatic carbocycles. The van der Waals surface area contributed by atoms with Crippen molar-refractivity contribution in [3.8, 4) is 0 Å². The standard InChI is InChI=1S/C38H66N8O13S/c1-27(2)30(47)9-4-5-10-31(48)39-12-7-6-8-29(38(58)59)42-32(49)22-40-37(57)28(11-21-60-3)41-33(50)23-43-13-15-44(24-34(51)52)17-19-46(26-36(55)56)20-18-45(16-14-43)25-35(53)54/h27-29H,4-26H2,1-3H3,(H,39,48)(H,40,57)(H,41,50)(H,42,49)(H,51,52)(H,53,54)(H,55,56)(H,58,59). The monoisotopic (exact) mass is 874 g/mol. The molecule has 60 heavy (non-hydrogen) atoms. The number of carbonyl (C=O) groups is 9. The Bertz CT molecular complexity index is 1390. The molecule has 22 heteroatoms. The Morgan fingerprint density at radius 3 is 1.47 bits per heavy atom. The van der Waals surface area contributed by atoms with Gasteiger partial charge in [0.05, 0.1) is 32.7 Å². The van der Waals surface area contributed by atoms with E-state index in [1.54, 1.807) is 19.6 Å². The Hall–Kier alpha value is -4.38. The Morgan fingerprint density at radius 2 is 1.02 bits per heavy atom. The number of nitrogens with one attached hydrogen (secondary N) is 4. The molecule has 1 fully saturated rings. The number of carboxylic acid groups (broad SMARTS) is 4. The number of ketones is 1. The predicted molar refractivity (Wildman–Crippen MR) is 221 cm³/mol. The van der Waals surface area contributed by atoms with Crippen LogP contribution in [0.5, 0.6) is 0 Å². The molecule has 342 valence electrons. The number of Topliss-reactive ketones (excluding diaryl/α,β-unsaturated/α-hetero) is 1. The van der Waals surface area contributed by atoms with Crippen LogP contribution in [0.3, 0.4) is 0 Å². The SMILES string of the molecule is CSCCC(NC(=O)CN1CCN(CC(=O)O)CCN(CC(=O)O)CCN(CC(=O)O)CC1)C(=O)NCC(=O)NC(CCCCNC(=O)CCCCC(=O)C(C)C)C(=O)O. The van der Waals surface area contributed by atoms with Crippen molar-refractivity contribution >= 4 is 65.1 Å². The van der Waals surface area contributed by atoms with Gasteiger partial charge in [0, 0.05) is 77.7 Å². The summed E-state index contributed by atoms with van der Waals surface area (Å²) in [5.74, 6) is -6.03. The lowest BCUT2D eigenvalue weighted by Crippen LogP contribution is -2.53. The summed E-state index contributed by atoms with van der Waals surface area (Å²) in [4.78, 5) is 116. The first-order valence-electron chi connectivity index (χ1n) is 20.3. The van der Waals surface area contributed by atoms with Gasteiger partial charge in [-0.25, -0.2) is 4.79 Å². The molecule has 4 amide bonds. The maximum atomic E-state index is 13.4. The number of rotatable bonds is 28. The summed E-state index contributed by atoms with van der Waals surface area (Å²) >= 11 is 1.43. The molecule has 0 radical (unpaired) electrons. The van der Waals surface area contributed by atoms with E-state index in [9.17, 15) is 63.6 Å². The smallest absolute Gasteiger partial charge is 0.326 e. The number of thioether (sulfide) groups is 1. The van der Waals surface area contributed by atoms with Gasteiger partial charge in [0.25, 0.3) is 0 Å². The fourth-order valence-corrected chi connectivity index (χ4v) is 6.66. The lowest BCUT2D eigenvalue weighted by atomic mass is 10.0. The Morgan fingerprint density at radius 1 is 0.550 bits per heavy atom. The zero-order chi connectivity index (χ0) is 45.0. The number of aliphatic carboxylic acids is 4. The summed E-state index contributed by atoms with van der Waals surface area (Å²) < 4.78 is 0. The highest BCUT2D eigenvalue weighted by molar-refractivity contribution is 7.98. The predicted octanol–water partition coefficient (Wildman–Crippen LogP) is -1.54. The topological polar surface area (TPSA) is 296 Å². The van der Waals surface area contributed by atoms with Gasteiger partial charge in [0.1, 0.15) is 17.9 Å². The maximum Gasteiger partial charge on any atom is 0.326 e. The van der Waals surface area contributed by atoms with E-state index >= 15 is 0 Å². The molecule has 2 atom stereocenters. The molecule has 2 unspecified atom stereocenters. The molecule has 0 saturated carbocycles. The largest absolute Gasteiger partial charge is 0.480 e. The van der Waals surface area contributed by atoms with Crippen LogP contribution in [0.2, 0.25) is 0 Å². The van der Waals surface area contributed by atoms with Crippen molar-refractivity contribution in [3.05, 3.63) is 0 Å². The fraction of sp³-hybridized carbons (Fsp3) is 0.763. The van der Waals surface area contributed by atoms with Gasteiger partial charge in [-0.05, 0) is 50.5 Å². The average Bonchev–Trinajstić information content (AvgIpc) is 3.16. The summed E-state index contributed by atoms with van der Waals surface area (Å²) in [5.41, 5.74) is 0. The second kappa shape index (κ2) is 30.6. The minimum atomic E-state index is -1.26. The van der Waals surface area contributed by atoms with E-state index in [1.165, 1.54) is 11.8 Å². The van der Waals surface area contributed by atoms with Gasteiger partial charge in [-0.15, -0.1) is 0 Å². The van der Waals surface area contributed by atoms with Crippen LogP contribution in [0.15, 0.2) is 0 Å². The highest BCUT2D eigenvalue weighted by atomic mass is 32.2. The van der Waals surface area contributed by atoms with E-state index in [4.69, 9.17) is 0 Å². The molecule has 1 aliphatic rings. The summed E-state index contributed by atoms with van der Waals surface area (Å²) in [6.07, 6.45) is 4.89. The highest BCUT2D eigenvalue weighted by Gasteiger charge is 2.26. The molecule has 1 aliphatic heterocycles. The minimum Gasteiger partial charge on any atom is -0.480 e. The van der Waals surface area contributed by atoms with Crippen molar-refractivity contribution in [2.75, 3.05) is 104 Å². The van der Waals surface area contributed by atoms with Crippen molar-refractivity contribution in [1.29, 1.82) is 0 Å². The lowest BCUT2D eigenvalue weighted by molar-refractivity contribution is -0.142. The number of carbonyl (C=O) groups excluding carboxylic acids is 5. The first kappa shape index (κ1) is 53.6. The van der Waals surface area contributed by atoms with Gasteiger partial charge < -0.3 is 41.7 Å². The van der Waals surface area contributed by atoms with Gasteiger partial charge in [-0.2, -0.15) is 11.8 Å². The van der Waals surface area contributed by atoms with Crippen molar-refractivity contribution in [3.63, 3.8) is 0 Å². The van der Waals surface area contributed by atoms with Gasteiger partial charge in [-0.1, -0.05) is 13.8 Å². The van der Waals surface area contributed by atoms with E-state index in [2.05, 4.69) is 21.3 Å². The van der Waals surface area contributed by atoms with Crippen LogP contribution in [0.25, 0.3) is 0 Å². The van der Waals surface area contributed by atoms with E-state index in [1.807, 2.05) is 20.1 Å². The molecule has 1 heterocycles. The molecule has 0 aromatic carbocycles. The molecule has 8 N–H and O–H groups in total. The summed E-state index contributed by atoms with van der Waals surface area (Å²) in [6, 6.07) is -2.29. The van der Waals surface area contributed by atoms with Gasteiger partial charge in [0.15, 0.2) is 0 Å². The first-order chi connectivity index (χ1) is 28.4. The molecule has 1 rings (SSSR count). The summed E-state index contributed by atoms with van der Waals surface area (Å²) in [6.45, 7) is 3.91. The zero-order valence-corrected chi connectivity index (χ0v) is 36.0. The number of amides is 4. The Balaban J connectivity index is 2.77. The number of hydrogen-bond acceptors (Lipinski definition) is 14. The van der Waals surface area contributed by atoms with Crippen LogP contribution in [-0.4, -0.2) is 209 Å². The third kappa shape index (κ3) is 26.0. The normalized spacial score (nSPS) is 16.1. The van der Waals surface area contributed by atoms with Gasteiger partial charge in [-0.3, -0.25) is 58.0 Å². The van der Waals surface area contributed by atoms with Crippen molar-refractivity contribution in [2.24, 2.45) is 5.92 Å². The van der Waals surface area contributed by atoms with Crippen LogP contribution >= 0.6 is 11.8 Å². The van der Waals surface area contributed by atoms with Crippen molar-refractivity contribution in [1.82, 2.24) is 40.9 Å². The number of nitrogens with zero attached hydrogens (tertiary/aromatic N) is 4. The third-order valence-corrected chi connectivity index (χ3v) is 10.3. The number of hydrogen-bond donors (Lipinski definition) is 8. The Labute approximate surface area is 355 Å². The average molecular weight is 875 g/mol. The van der Waals surface area contributed by atoms with Crippen LogP contribution in [0.1, 0.15) is 65.2 Å². The number of carboxylic acids is 4. The summed E-state index contributed by atoms with van der Waals surface area (Å²) in [7, 11) is 0. The zero-order valence-electron chi connectivity index (χ0n) is 35.2. The molecular formula is C38H66N8O13S. The van der Waals surface area contributed by atoms with Gasteiger partial charge >= 0.3 is 23.9 Å². The quantitative estimate of drug-likeness (QED) is 0.0413. The molecule has 21 nitrogen and oxygen atoms in total. The van der Waals surface area contributed by atoms with Gasteiger partial charge in [0.2, 0.25) is 23.6 Å². The highest BCUT2D eigenvalue weighted by Crippen LogP contribution is 2.08. The molecular weight excluding hydrogens is 809 g/mol. The minimum absolute atomic E-state index is 0.0330. The summed E-state index contributed by atoms with van der Waals surface area (Å²) in [5, 5.41) is 48.3. The second-order valence-corrected chi connectivity index (χ2v) is 16.0. The lowest BCUT2D eigenvalue weighted by Gasteiger charge is -2.33. The van der Waals surface area contributed by atoms with Crippen LogP contribution < -0.4 is 21.3 Å². The van der Waals surface area contributed by atoms with E-state index in [0.29, 0.717) is 44.4 Å². The third-order valence-electron chi connectivity index (χ3n) is 9.66. The molecule has 0 bridgehead atoms. The van der Waals surface area contributed by atoms with Crippen LogP contribution in [0, 0.1) is 5.92 Å².